The first-order valence-corrected chi connectivity index (χ1v) is 12.9. The number of thioether (sulfide) groups is 1. The van der Waals surface area contributed by atoms with Crippen LogP contribution in [0.4, 0.5) is 0 Å². The Kier molecular flexibility index (Phi) is 6.47. The van der Waals surface area contributed by atoms with Gasteiger partial charge in [-0.3, -0.25) is 9.36 Å². The molecule has 0 aliphatic carbocycles. The van der Waals surface area contributed by atoms with Crippen molar-refractivity contribution in [2.45, 2.75) is 37.6 Å². The Morgan fingerprint density at radius 3 is 2.68 bits per heavy atom. The molecule has 3 heterocycles. The summed E-state index contributed by atoms with van der Waals surface area (Å²) < 4.78 is 31.4. The Labute approximate surface area is 185 Å². The van der Waals surface area contributed by atoms with Crippen molar-refractivity contribution in [3.63, 3.8) is 0 Å². The Morgan fingerprint density at radius 2 is 2.03 bits per heavy atom. The third-order valence-corrected chi connectivity index (χ3v) is 7.97. The first kappa shape index (κ1) is 21.6. The third kappa shape index (κ3) is 5.01. The first-order valence-electron chi connectivity index (χ1n) is 10.1. The summed E-state index contributed by atoms with van der Waals surface area (Å²) in [4.78, 5) is 14.9. The standard InChI is InChI=1S/C21H24N4O4S2/c1-2-24-20(18-9-6-11-29-18)22-23-21(24)30-14-19(26)25(13-16-7-4-3-5-8-16)17-10-12-31(27,28)15-17/h3-9,11,17H,2,10,12-15H2,1H3. The monoisotopic (exact) mass is 460 g/mol. The van der Waals surface area contributed by atoms with Gasteiger partial charge < -0.3 is 9.32 Å². The van der Waals surface area contributed by atoms with Crippen LogP contribution in [0.3, 0.4) is 0 Å². The Bertz CT molecular complexity index is 1130. The second-order valence-electron chi connectivity index (χ2n) is 7.38. The molecule has 0 bridgehead atoms. The number of hydrogen-bond acceptors (Lipinski definition) is 7. The van der Waals surface area contributed by atoms with E-state index in [-0.39, 0.29) is 29.2 Å². The number of nitrogens with zero attached hydrogens (tertiary/aromatic N) is 4. The Balaban J connectivity index is 1.50. The van der Waals surface area contributed by atoms with Gasteiger partial charge in [0.05, 0.1) is 23.5 Å². The SMILES string of the molecule is CCn1c(SCC(=O)N(Cc2ccccc2)C2CCS(=O)(=O)C2)nnc1-c1ccco1. The van der Waals surface area contributed by atoms with E-state index >= 15 is 0 Å². The maximum Gasteiger partial charge on any atom is 0.233 e. The normalized spacial score (nSPS) is 17.6. The molecule has 0 spiro atoms. The quantitative estimate of drug-likeness (QED) is 0.477. The van der Waals surface area contributed by atoms with Crippen molar-refractivity contribution in [3.05, 3.63) is 54.3 Å². The number of aromatic nitrogens is 3. The zero-order chi connectivity index (χ0) is 21.8. The minimum Gasteiger partial charge on any atom is -0.461 e. The molecule has 0 saturated carbocycles. The van der Waals surface area contributed by atoms with Gasteiger partial charge in [-0.1, -0.05) is 42.1 Å². The van der Waals surface area contributed by atoms with Gasteiger partial charge in [0.2, 0.25) is 5.91 Å². The second-order valence-corrected chi connectivity index (χ2v) is 10.6. The molecule has 1 unspecified atom stereocenters. The molecule has 1 aliphatic heterocycles. The molecule has 3 aromatic rings. The van der Waals surface area contributed by atoms with E-state index in [1.165, 1.54) is 11.8 Å². The molecule has 8 nitrogen and oxygen atoms in total. The molecule has 1 amide bonds. The van der Waals surface area contributed by atoms with Crippen LogP contribution in [0.1, 0.15) is 18.9 Å². The highest BCUT2D eigenvalue weighted by Crippen LogP contribution is 2.26. The summed E-state index contributed by atoms with van der Waals surface area (Å²) in [5, 5.41) is 9.06. The van der Waals surface area contributed by atoms with Crippen molar-refractivity contribution in [1.29, 1.82) is 0 Å². The highest BCUT2D eigenvalue weighted by atomic mass is 32.2. The smallest absolute Gasteiger partial charge is 0.233 e. The number of sulfone groups is 1. The van der Waals surface area contributed by atoms with Gasteiger partial charge in [0, 0.05) is 19.1 Å². The average molecular weight is 461 g/mol. The third-order valence-electron chi connectivity index (χ3n) is 5.26. The van der Waals surface area contributed by atoms with Crippen LogP contribution in [0.15, 0.2) is 58.3 Å². The predicted octanol–water partition coefficient (Wildman–Crippen LogP) is 2.87. The highest BCUT2D eigenvalue weighted by Gasteiger charge is 2.34. The van der Waals surface area contributed by atoms with Crippen molar-refractivity contribution in [2.75, 3.05) is 17.3 Å². The molecule has 2 aromatic heterocycles. The minimum atomic E-state index is -3.10. The Hall–Kier alpha value is -2.59. The number of rotatable bonds is 8. The molecule has 10 heteroatoms. The molecule has 31 heavy (non-hydrogen) atoms. The van der Waals surface area contributed by atoms with Gasteiger partial charge in [-0.15, -0.1) is 10.2 Å². The molecule has 1 saturated heterocycles. The lowest BCUT2D eigenvalue weighted by atomic mass is 10.1. The molecule has 1 fully saturated rings. The predicted molar refractivity (Wildman–Crippen MR) is 118 cm³/mol. The number of amides is 1. The van der Waals surface area contributed by atoms with E-state index < -0.39 is 9.84 Å². The van der Waals surface area contributed by atoms with E-state index in [9.17, 15) is 13.2 Å². The average Bonchev–Trinajstić information content (AvgIpc) is 3.50. The van der Waals surface area contributed by atoms with Gasteiger partial charge in [-0.25, -0.2) is 8.42 Å². The van der Waals surface area contributed by atoms with Crippen molar-refractivity contribution in [2.24, 2.45) is 0 Å². The molecule has 164 valence electrons. The van der Waals surface area contributed by atoms with Gasteiger partial charge in [-0.05, 0) is 31.0 Å². The lowest BCUT2D eigenvalue weighted by Crippen LogP contribution is -2.41. The topological polar surface area (TPSA) is 98.3 Å². The fourth-order valence-electron chi connectivity index (χ4n) is 3.70. The summed E-state index contributed by atoms with van der Waals surface area (Å²) in [5.41, 5.74) is 0.974. The first-order chi connectivity index (χ1) is 15.0. The van der Waals surface area contributed by atoms with Crippen LogP contribution in [0.2, 0.25) is 0 Å². The van der Waals surface area contributed by atoms with E-state index in [4.69, 9.17) is 4.42 Å². The van der Waals surface area contributed by atoms with Crippen molar-refractivity contribution in [1.82, 2.24) is 19.7 Å². The zero-order valence-electron chi connectivity index (χ0n) is 17.2. The summed E-state index contributed by atoms with van der Waals surface area (Å²) in [7, 11) is -3.10. The van der Waals surface area contributed by atoms with Gasteiger partial charge in [0.1, 0.15) is 0 Å². The van der Waals surface area contributed by atoms with Crippen molar-refractivity contribution >= 4 is 27.5 Å². The molecule has 0 N–H and O–H groups in total. The van der Waals surface area contributed by atoms with Crippen molar-refractivity contribution in [3.8, 4) is 11.6 Å². The molecule has 1 atom stereocenters. The van der Waals surface area contributed by atoms with Crippen LogP contribution < -0.4 is 0 Å². The molecule has 1 aliphatic rings. The van der Waals surface area contributed by atoms with Crippen LogP contribution in [-0.4, -0.2) is 57.3 Å². The maximum atomic E-state index is 13.2. The van der Waals surface area contributed by atoms with Gasteiger partial charge in [-0.2, -0.15) is 0 Å². The lowest BCUT2D eigenvalue weighted by molar-refractivity contribution is -0.130. The Morgan fingerprint density at radius 1 is 1.23 bits per heavy atom. The van der Waals surface area contributed by atoms with Gasteiger partial charge in [0.15, 0.2) is 26.6 Å². The fourth-order valence-corrected chi connectivity index (χ4v) is 6.32. The number of furan rings is 1. The number of benzene rings is 1. The summed E-state index contributed by atoms with van der Waals surface area (Å²) in [6.07, 6.45) is 2.05. The minimum absolute atomic E-state index is 0.0179. The van der Waals surface area contributed by atoms with E-state index in [0.717, 1.165) is 5.56 Å². The molecule has 4 rings (SSSR count). The van der Waals surface area contributed by atoms with Crippen LogP contribution in [-0.2, 0) is 27.7 Å². The number of carbonyl (C=O) groups is 1. The largest absolute Gasteiger partial charge is 0.461 e. The van der Waals surface area contributed by atoms with Crippen LogP contribution >= 0.6 is 11.8 Å². The van der Waals surface area contributed by atoms with E-state index in [0.29, 0.717) is 36.3 Å². The summed E-state index contributed by atoms with van der Waals surface area (Å²) in [6, 6.07) is 12.9. The highest BCUT2D eigenvalue weighted by molar-refractivity contribution is 7.99. The maximum absolute atomic E-state index is 13.2. The summed E-state index contributed by atoms with van der Waals surface area (Å²) >= 11 is 1.30. The van der Waals surface area contributed by atoms with E-state index in [1.54, 1.807) is 17.2 Å². The van der Waals surface area contributed by atoms with E-state index in [1.807, 2.05) is 47.9 Å². The second kappa shape index (κ2) is 9.27. The molecular formula is C21H24N4O4S2. The van der Waals surface area contributed by atoms with E-state index in [2.05, 4.69) is 10.2 Å². The zero-order valence-corrected chi connectivity index (χ0v) is 18.8. The summed E-state index contributed by atoms with van der Waals surface area (Å²) in [6.45, 7) is 3.00. The van der Waals surface area contributed by atoms with Crippen LogP contribution in [0, 0.1) is 0 Å². The van der Waals surface area contributed by atoms with Crippen LogP contribution in [0.25, 0.3) is 11.6 Å². The van der Waals surface area contributed by atoms with Gasteiger partial charge >= 0.3 is 0 Å². The van der Waals surface area contributed by atoms with Crippen molar-refractivity contribution < 1.29 is 17.6 Å². The van der Waals surface area contributed by atoms with Crippen LogP contribution in [0.5, 0.6) is 0 Å². The molecule has 0 radical (unpaired) electrons. The molecule has 1 aromatic carbocycles. The fraction of sp³-hybridized carbons (Fsp3) is 0.381. The molecular weight excluding hydrogens is 436 g/mol. The summed E-state index contributed by atoms with van der Waals surface area (Å²) in [5.74, 6) is 1.42. The lowest BCUT2D eigenvalue weighted by Gasteiger charge is -2.28. The number of carbonyl (C=O) groups excluding carboxylic acids is 1. The number of hydrogen-bond donors (Lipinski definition) is 0. The van der Waals surface area contributed by atoms with Gasteiger partial charge in [0.25, 0.3) is 0 Å².